The van der Waals surface area contributed by atoms with Gasteiger partial charge in [-0.3, -0.25) is 0 Å². The fourth-order valence-electron chi connectivity index (χ4n) is 2.14. The minimum absolute atomic E-state index is 0.238. The predicted molar refractivity (Wildman–Crippen MR) is 79.5 cm³/mol. The Hall–Kier alpha value is 0.150. The molecule has 0 radical (unpaired) electrons. The van der Waals surface area contributed by atoms with Gasteiger partial charge in [0, 0.05) is 34.8 Å². The van der Waals surface area contributed by atoms with E-state index >= 15 is 0 Å². The SMILES string of the molecule is CC1SCCSC1c1noc(C2CSCCN2)n1. The van der Waals surface area contributed by atoms with Gasteiger partial charge >= 0.3 is 0 Å². The predicted octanol–water partition coefficient (Wildman–Crippen LogP) is 2.36. The van der Waals surface area contributed by atoms with Crippen molar-refractivity contribution in [1.29, 1.82) is 0 Å². The van der Waals surface area contributed by atoms with Crippen molar-refractivity contribution in [3.8, 4) is 0 Å². The lowest BCUT2D eigenvalue weighted by Crippen LogP contribution is -2.30. The van der Waals surface area contributed by atoms with Crippen LogP contribution in [0.5, 0.6) is 0 Å². The molecule has 3 unspecified atom stereocenters. The molecule has 3 heterocycles. The zero-order chi connectivity index (χ0) is 12.4. The first-order valence-corrected chi connectivity index (χ1v) is 9.47. The van der Waals surface area contributed by atoms with Crippen LogP contribution in [0.4, 0.5) is 0 Å². The third-order valence-corrected chi connectivity index (χ3v) is 7.27. The standard InChI is InChI=1S/C11H17N3OS3/c1-7-9(18-5-4-17-7)10-13-11(15-14-10)8-6-16-3-2-12-8/h7-9,12H,2-6H2,1H3. The van der Waals surface area contributed by atoms with Crippen LogP contribution in [0.3, 0.4) is 0 Å². The summed E-state index contributed by atoms with van der Waals surface area (Å²) in [5, 5.41) is 8.59. The van der Waals surface area contributed by atoms with Gasteiger partial charge in [0.05, 0.1) is 11.3 Å². The van der Waals surface area contributed by atoms with Crippen LogP contribution in [0.25, 0.3) is 0 Å². The van der Waals surface area contributed by atoms with Gasteiger partial charge in [0.15, 0.2) is 5.82 Å². The van der Waals surface area contributed by atoms with Crippen molar-refractivity contribution >= 4 is 35.3 Å². The van der Waals surface area contributed by atoms with Crippen LogP contribution in [-0.2, 0) is 0 Å². The number of hydrogen-bond acceptors (Lipinski definition) is 7. The van der Waals surface area contributed by atoms with Crippen molar-refractivity contribution < 1.29 is 4.52 Å². The molecule has 18 heavy (non-hydrogen) atoms. The minimum Gasteiger partial charge on any atom is -0.338 e. The normalized spacial score (nSPS) is 33.5. The molecule has 100 valence electrons. The summed E-state index contributed by atoms with van der Waals surface area (Å²) in [5.74, 6) is 6.26. The molecule has 2 fully saturated rings. The summed E-state index contributed by atoms with van der Waals surface area (Å²) in [5.41, 5.74) is 0. The Kier molecular flexibility index (Phi) is 4.43. The zero-order valence-corrected chi connectivity index (χ0v) is 12.7. The Bertz CT molecular complexity index is 395. The van der Waals surface area contributed by atoms with Gasteiger partial charge < -0.3 is 9.84 Å². The zero-order valence-electron chi connectivity index (χ0n) is 10.3. The Morgan fingerprint density at radius 2 is 2.17 bits per heavy atom. The molecule has 1 aromatic heterocycles. The van der Waals surface area contributed by atoms with Crippen molar-refractivity contribution in [3.63, 3.8) is 0 Å². The fraction of sp³-hybridized carbons (Fsp3) is 0.818. The highest BCUT2D eigenvalue weighted by molar-refractivity contribution is 8.06. The van der Waals surface area contributed by atoms with E-state index < -0.39 is 0 Å². The first-order valence-electron chi connectivity index (χ1n) is 6.22. The fourth-order valence-corrected chi connectivity index (χ4v) is 5.75. The number of rotatable bonds is 2. The van der Waals surface area contributed by atoms with Gasteiger partial charge in [-0.1, -0.05) is 12.1 Å². The second-order valence-corrected chi connectivity index (χ2v) is 8.32. The Morgan fingerprint density at radius 3 is 2.94 bits per heavy atom. The summed E-state index contributed by atoms with van der Waals surface area (Å²) in [6.45, 7) is 3.28. The topological polar surface area (TPSA) is 51.0 Å². The first-order chi connectivity index (χ1) is 8.84. The van der Waals surface area contributed by atoms with E-state index in [9.17, 15) is 0 Å². The number of aromatic nitrogens is 2. The second-order valence-electron chi connectivity index (χ2n) is 4.44. The Morgan fingerprint density at radius 1 is 1.28 bits per heavy atom. The molecule has 0 saturated carbocycles. The highest BCUT2D eigenvalue weighted by Gasteiger charge is 2.30. The lowest BCUT2D eigenvalue weighted by Gasteiger charge is -2.25. The molecule has 2 aliphatic rings. The number of thioether (sulfide) groups is 3. The smallest absolute Gasteiger partial charge is 0.244 e. The van der Waals surface area contributed by atoms with Crippen LogP contribution in [0.2, 0.25) is 0 Å². The van der Waals surface area contributed by atoms with E-state index in [1.54, 1.807) is 0 Å². The highest BCUT2D eigenvalue weighted by atomic mass is 32.2. The maximum absolute atomic E-state index is 5.45. The molecule has 1 N–H and O–H groups in total. The molecule has 7 heteroatoms. The second kappa shape index (κ2) is 6.07. The van der Waals surface area contributed by atoms with Gasteiger partial charge in [0.2, 0.25) is 5.89 Å². The van der Waals surface area contributed by atoms with Crippen LogP contribution >= 0.6 is 35.3 Å². The molecule has 0 aliphatic carbocycles. The molecule has 4 nitrogen and oxygen atoms in total. The maximum atomic E-state index is 5.45. The summed E-state index contributed by atoms with van der Waals surface area (Å²) in [6, 6.07) is 0.238. The highest BCUT2D eigenvalue weighted by Crippen LogP contribution is 2.41. The van der Waals surface area contributed by atoms with Gasteiger partial charge in [-0.25, -0.2) is 0 Å². The molecule has 0 spiro atoms. The summed E-state index contributed by atoms with van der Waals surface area (Å²) in [7, 11) is 0. The van der Waals surface area contributed by atoms with Gasteiger partial charge in [-0.05, 0) is 0 Å². The molecule has 0 bridgehead atoms. The molecule has 0 amide bonds. The largest absolute Gasteiger partial charge is 0.338 e. The molecule has 3 rings (SSSR count). The van der Waals surface area contributed by atoms with Crippen molar-refractivity contribution in [2.75, 3.05) is 29.6 Å². The molecule has 2 saturated heterocycles. The van der Waals surface area contributed by atoms with Crippen LogP contribution < -0.4 is 5.32 Å². The Balaban J connectivity index is 1.71. The summed E-state index contributed by atoms with van der Waals surface area (Å²) < 4.78 is 5.45. The monoisotopic (exact) mass is 303 g/mol. The van der Waals surface area contributed by atoms with E-state index in [2.05, 4.69) is 22.4 Å². The van der Waals surface area contributed by atoms with Gasteiger partial charge in [-0.2, -0.15) is 28.5 Å². The molecule has 3 atom stereocenters. The third-order valence-electron chi connectivity index (χ3n) is 3.12. The van der Waals surface area contributed by atoms with Crippen molar-refractivity contribution in [2.24, 2.45) is 0 Å². The average molecular weight is 303 g/mol. The number of nitrogens with one attached hydrogen (secondary N) is 1. The van der Waals surface area contributed by atoms with E-state index in [4.69, 9.17) is 4.52 Å². The molecular formula is C11H17N3OS3. The lowest BCUT2D eigenvalue weighted by molar-refractivity contribution is 0.338. The summed E-state index contributed by atoms with van der Waals surface area (Å²) in [6.07, 6.45) is 0. The van der Waals surface area contributed by atoms with E-state index in [-0.39, 0.29) is 6.04 Å². The van der Waals surface area contributed by atoms with Crippen molar-refractivity contribution in [2.45, 2.75) is 23.5 Å². The van der Waals surface area contributed by atoms with Crippen LogP contribution in [-0.4, -0.2) is 44.9 Å². The van der Waals surface area contributed by atoms with Gasteiger partial charge in [-0.15, -0.1) is 11.8 Å². The first kappa shape index (κ1) is 13.1. The molecule has 0 aromatic carbocycles. The van der Waals surface area contributed by atoms with Gasteiger partial charge in [0.1, 0.15) is 0 Å². The molecule has 2 aliphatic heterocycles. The Labute approximate surface area is 120 Å². The molecular weight excluding hydrogens is 286 g/mol. The number of hydrogen-bond donors (Lipinski definition) is 1. The maximum Gasteiger partial charge on any atom is 0.244 e. The number of nitrogens with zero attached hydrogens (tertiary/aromatic N) is 2. The van der Waals surface area contributed by atoms with Gasteiger partial charge in [0.25, 0.3) is 0 Å². The molecule has 1 aromatic rings. The van der Waals surface area contributed by atoms with Crippen molar-refractivity contribution in [1.82, 2.24) is 15.5 Å². The summed E-state index contributed by atoms with van der Waals surface area (Å²) >= 11 is 5.90. The van der Waals surface area contributed by atoms with Crippen LogP contribution in [0.15, 0.2) is 4.52 Å². The van der Waals surface area contributed by atoms with E-state index in [1.165, 1.54) is 17.3 Å². The third kappa shape index (κ3) is 2.84. The minimum atomic E-state index is 0.238. The quantitative estimate of drug-likeness (QED) is 0.900. The van der Waals surface area contributed by atoms with E-state index in [0.29, 0.717) is 10.5 Å². The van der Waals surface area contributed by atoms with E-state index in [1.807, 2.05) is 35.3 Å². The lowest BCUT2D eigenvalue weighted by atomic mass is 10.3. The summed E-state index contributed by atoms with van der Waals surface area (Å²) in [4.78, 5) is 4.62. The average Bonchev–Trinajstić information content (AvgIpc) is 2.90. The van der Waals surface area contributed by atoms with Crippen LogP contribution in [0.1, 0.15) is 29.9 Å². The van der Waals surface area contributed by atoms with E-state index in [0.717, 1.165) is 24.0 Å². The van der Waals surface area contributed by atoms with Crippen LogP contribution in [0, 0.1) is 0 Å². The van der Waals surface area contributed by atoms with Crippen molar-refractivity contribution in [3.05, 3.63) is 11.7 Å².